The van der Waals surface area contributed by atoms with E-state index >= 15 is 0 Å². The summed E-state index contributed by atoms with van der Waals surface area (Å²) < 4.78 is 6.84. The van der Waals surface area contributed by atoms with E-state index in [1.165, 1.54) is 11.5 Å². The topological polar surface area (TPSA) is 92.3 Å². The van der Waals surface area contributed by atoms with Crippen LogP contribution in [0.2, 0.25) is 5.02 Å². The summed E-state index contributed by atoms with van der Waals surface area (Å²) in [5.41, 5.74) is 1.15. The number of nitrogens with zero attached hydrogens (tertiary/aromatic N) is 2. The fraction of sp³-hybridized carbons (Fsp3) is 0.409. The number of hydrogen-bond donors (Lipinski definition) is 1. The third-order valence-electron chi connectivity index (χ3n) is 5.49. The van der Waals surface area contributed by atoms with Gasteiger partial charge < -0.3 is 9.84 Å². The summed E-state index contributed by atoms with van der Waals surface area (Å²) in [5, 5.41) is 20.9. The standard InChI is InChI=1S/C22H23ClN2O4/c1-12-8-16(9-13(2)20(12)23)29-11-18(26)19-14(3)17(10-24)21(27)25(22(19)28)15-6-4-5-7-15/h8-9,15,28H,4-7,11H2,1-3H3. The Labute approximate surface area is 174 Å². The lowest BCUT2D eigenvalue weighted by Crippen LogP contribution is -2.29. The van der Waals surface area contributed by atoms with Gasteiger partial charge >= 0.3 is 0 Å². The minimum atomic E-state index is -0.546. The summed E-state index contributed by atoms with van der Waals surface area (Å²) in [6, 6.07) is 5.15. The SMILES string of the molecule is Cc1cc(OCC(=O)c2c(C)c(C#N)c(=O)n(C3CCCC3)c2O)cc(C)c1Cl. The van der Waals surface area contributed by atoms with E-state index in [0.717, 1.165) is 36.8 Å². The van der Waals surface area contributed by atoms with E-state index in [1.807, 2.05) is 19.9 Å². The Kier molecular flexibility index (Phi) is 5.99. The van der Waals surface area contributed by atoms with Crippen molar-refractivity contribution in [1.29, 1.82) is 5.26 Å². The maximum atomic E-state index is 12.9. The molecule has 3 rings (SSSR count). The van der Waals surface area contributed by atoms with Crippen molar-refractivity contribution in [1.82, 2.24) is 4.57 Å². The zero-order valence-electron chi connectivity index (χ0n) is 16.7. The number of Topliss-reactive ketones (excluding diaryl/α,β-unsaturated/α-hetero) is 1. The maximum absolute atomic E-state index is 12.9. The van der Waals surface area contributed by atoms with Crippen molar-refractivity contribution in [2.75, 3.05) is 6.61 Å². The zero-order valence-corrected chi connectivity index (χ0v) is 17.5. The molecular weight excluding hydrogens is 392 g/mol. The monoisotopic (exact) mass is 414 g/mol. The average molecular weight is 415 g/mol. The van der Waals surface area contributed by atoms with Crippen LogP contribution in [0.25, 0.3) is 0 Å². The lowest BCUT2D eigenvalue weighted by atomic mass is 10.0. The Morgan fingerprint density at radius 3 is 2.41 bits per heavy atom. The Morgan fingerprint density at radius 1 is 1.28 bits per heavy atom. The molecule has 0 atom stereocenters. The number of carbonyl (C=O) groups excluding carboxylic acids is 1. The normalized spacial score (nSPS) is 14.0. The molecule has 1 saturated carbocycles. The molecule has 152 valence electrons. The molecule has 1 aliphatic rings. The van der Waals surface area contributed by atoms with Gasteiger partial charge in [-0.25, -0.2) is 0 Å². The number of aryl methyl sites for hydroxylation is 2. The van der Waals surface area contributed by atoms with E-state index in [4.69, 9.17) is 16.3 Å². The van der Waals surface area contributed by atoms with Gasteiger partial charge in [0.05, 0.1) is 5.56 Å². The van der Waals surface area contributed by atoms with Gasteiger partial charge in [-0.05, 0) is 62.4 Å². The lowest BCUT2D eigenvalue weighted by molar-refractivity contribution is 0.0915. The van der Waals surface area contributed by atoms with Crippen molar-refractivity contribution in [3.8, 4) is 17.7 Å². The third-order valence-corrected chi connectivity index (χ3v) is 6.09. The van der Waals surface area contributed by atoms with E-state index in [9.17, 15) is 20.0 Å². The van der Waals surface area contributed by atoms with Crippen molar-refractivity contribution in [2.45, 2.75) is 52.5 Å². The molecule has 0 amide bonds. The molecule has 1 heterocycles. The Bertz CT molecular complexity index is 1050. The van der Waals surface area contributed by atoms with Crippen molar-refractivity contribution in [3.05, 3.63) is 55.3 Å². The summed E-state index contributed by atoms with van der Waals surface area (Å²) in [7, 11) is 0. The van der Waals surface area contributed by atoms with Gasteiger partial charge in [0.25, 0.3) is 5.56 Å². The number of aromatic hydroxyl groups is 1. The number of ether oxygens (including phenoxy) is 1. The van der Waals surface area contributed by atoms with Crippen LogP contribution in [0, 0.1) is 32.1 Å². The van der Waals surface area contributed by atoms with Gasteiger partial charge in [0.15, 0.2) is 6.61 Å². The number of rotatable bonds is 5. The predicted molar refractivity (Wildman–Crippen MR) is 110 cm³/mol. The van der Waals surface area contributed by atoms with Gasteiger partial charge in [-0.3, -0.25) is 14.2 Å². The summed E-state index contributed by atoms with van der Waals surface area (Å²) in [6.07, 6.45) is 3.34. The molecule has 1 fully saturated rings. The van der Waals surface area contributed by atoms with Gasteiger partial charge in [-0.2, -0.15) is 5.26 Å². The van der Waals surface area contributed by atoms with Gasteiger partial charge in [-0.15, -0.1) is 0 Å². The van der Waals surface area contributed by atoms with E-state index in [1.54, 1.807) is 12.1 Å². The second-order valence-electron chi connectivity index (χ2n) is 7.51. The Balaban J connectivity index is 1.97. The summed E-state index contributed by atoms with van der Waals surface area (Å²) in [6.45, 7) is 4.86. The van der Waals surface area contributed by atoms with Crippen LogP contribution in [0.5, 0.6) is 11.6 Å². The first-order chi connectivity index (χ1) is 13.8. The number of benzene rings is 1. The van der Waals surface area contributed by atoms with Crippen molar-refractivity contribution < 1.29 is 14.6 Å². The van der Waals surface area contributed by atoms with Gasteiger partial charge in [0.2, 0.25) is 11.7 Å². The quantitative estimate of drug-likeness (QED) is 0.733. The summed E-state index contributed by atoms with van der Waals surface area (Å²) in [5.74, 6) is -0.386. The van der Waals surface area contributed by atoms with Crippen LogP contribution < -0.4 is 10.3 Å². The molecule has 0 aliphatic heterocycles. The predicted octanol–water partition coefficient (Wildman–Crippen LogP) is 4.38. The second kappa shape index (κ2) is 8.30. The Morgan fingerprint density at radius 2 is 1.86 bits per heavy atom. The molecule has 1 aliphatic carbocycles. The highest BCUT2D eigenvalue weighted by molar-refractivity contribution is 6.32. The van der Waals surface area contributed by atoms with E-state index in [-0.39, 0.29) is 35.2 Å². The lowest BCUT2D eigenvalue weighted by Gasteiger charge is -2.20. The smallest absolute Gasteiger partial charge is 0.271 e. The van der Waals surface area contributed by atoms with E-state index in [2.05, 4.69) is 0 Å². The molecule has 0 saturated heterocycles. The number of aromatic nitrogens is 1. The number of hydrogen-bond acceptors (Lipinski definition) is 5. The minimum Gasteiger partial charge on any atom is -0.494 e. The molecule has 0 radical (unpaired) electrons. The fourth-order valence-electron chi connectivity index (χ4n) is 3.97. The minimum absolute atomic E-state index is 0.0320. The molecule has 1 aromatic heterocycles. The van der Waals surface area contributed by atoms with Crippen LogP contribution in [-0.2, 0) is 0 Å². The van der Waals surface area contributed by atoms with Crippen LogP contribution >= 0.6 is 11.6 Å². The molecule has 1 N–H and O–H groups in total. The van der Waals surface area contributed by atoms with Crippen LogP contribution in [0.1, 0.15) is 64.3 Å². The van der Waals surface area contributed by atoms with Crippen LogP contribution in [-0.4, -0.2) is 22.1 Å². The van der Waals surface area contributed by atoms with Crippen LogP contribution in [0.15, 0.2) is 16.9 Å². The van der Waals surface area contributed by atoms with Crippen LogP contribution in [0.4, 0.5) is 0 Å². The van der Waals surface area contributed by atoms with Crippen molar-refractivity contribution in [3.63, 3.8) is 0 Å². The molecule has 0 bridgehead atoms. The first-order valence-electron chi connectivity index (χ1n) is 9.57. The highest BCUT2D eigenvalue weighted by Crippen LogP contribution is 2.34. The number of ketones is 1. The summed E-state index contributed by atoms with van der Waals surface area (Å²) in [4.78, 5) is 25.6. The van der Waals surface area contributed by atoms with E-state index in [0.29, 0.717) is 10.8 Å². The van der Waals surface area contributed by atoms with Gasteiger partial charge in [-0.1, -0.05) is 24.4 Å². The third kappa shape index (κ3) is 3.88. The highest BCUT2D eigenvalue weighted by Gasteiger charge is 2.29. The molecule has 2 aromatic rings. The molecule has 7 heteroatoms. The fourth-order valence-corrected chi connectivity index (χ4v) is 4.08. The number of pyridine rings is 1. The van der Waals surface area contributed by atoms with Gasteiger partial charge in [0.1, 0.15) is 17.4 Å². The maximum Gasteiger partial charge on any atom is 0.271 e. The molecule has 6 nitrogen and oxygen atoms in total. The molecule has 1 aromatic carbocycles. The van der Waals surface area contributed by atoms with Crippen molar-refractivity contribution >= 4 is 17.4 Å². The first kappa shape index (κ1) is 20.9. The molecule has 0 unspecified atom stereocenters. The average Bonchev–Trinajstić information content (AvgIpc) is 3.18. The molecule has 29 heavy (non-hydrogen) atoms. The largest absolute Gasteiger partial charge is 0.494 e. The summed E-state index contributed by atoms with van der Waals surface area (Å²) >= 11 is 6.16. The van der Waals surface area contributed by atoms with Crippen LogP contribution in [0.3, 0.4) is 0 Å². The molecule has 0 spiro atoms. The zero-order chi connectivity index (χ0) is 21.3. The number of nitriles is 1. The van der Waals surface area contributed by atoms with E-state index < -0.39 is 11.3 Å². The number of carbonyl (C=O) groups is 1. The first-order valence-corrected chi connectivity index (χ1v) is 9.95. The molecular formula is C22H23ClN2O4. The van der Waals surface area contributed by atoms with Gasteiger partial charge in [0, 0.05) is 11.1 Å². The Hall–Kier alpha value is -2.78. The second-order valence-corrected chi connectivity index (χ2v) is 7.88. The highest BCUT2D eigenvalue weighted by atomic mass is 35.5. The number of halogens is 1. The van der Waals surface area contributed by atoms with Crippen molar-refractivity contribution in [2.24, 2.45) is 0 Å².